The highest BCUT2D eigenvalue weighted by Gasteiger charge is 2.39. The monoisotopic (exact) mass is 601 g/mol. The van der Waals surface area contributed by atoms with Gasteiger partial charge in [0, 0.05) is 53.9 Å². The number of hydrogen-bond donors (Lipinski definition) is 1. The Morgan fingerprint density at radius 3 is 2.16 bits per heavy atom. The Hall–Kier alpha value is -4.12. The van der Waals surface area contributed by atoms with E-state index < -0.39 is 41.0 Å². The van der Waals surface area contributed by atoms with Crippen molar-refractivity contribution in [3.63, 3.8) is 0 Å². The minimum Gasteiger partial charge on any atom is -0.361 e. The van der Waals surface area contributed by atoms with Crippen LogP contribution < -0.4 is 0 Å². The first-order valence-corrected chi connectivity index (χ1v) is 13.7. The second kappa shape index (κ2) is 11.5. The van der Waals surface area contributed by atoms with Gasteiger partial charge in [-0.15, -0.1) is 0 Å². The van der Waals surface area contributed by atoms with Gasteiger partial charge in [0.05, 0.1) is 17.7 Å². The molecule has 5 rings (SSSR count). The fourth-order valence-electron chi connectivity index (χ4n) is 5.51. The van der Waals surface area contributed by atoms with Gasteiger partial charge in [0.15, 0.2) is 5.78 Å². The molecule has 1 atom stereocenters. The van der Waals surface area contributed by atoms with Crippen LogP contribution in [-0.4, -0.2) is 58.7 Å². The standard InChI is InChI=1S/C32H29F6N3O2/c1-19-7-8-21(11-20(19)2)29(42)18-40-9-10-41(26(17-40)14-23-16-39-28-6-4-3-5-27(23)28)30(43)22-12-24(31(33,34)35)15-25(13-22)32(36,37)38/h3-8,11-13,15-16,26,39H,9-10,14,17-18H2,1-2H3/t26-/m1/s1. The molecule has 1 aliphatic heterocycles. The van der Waals surface area contributed by atoms with Crippen LogP contribution in [0.2, 0.25) is 0 Å². The van der Waals surface area contributed by atoms with Crippen molar-refractivity contribution in [1.82, 2.24) is 14.8 Å². The van der Waals surface area contributed by atoms with E-state index in [1.807, 2.05) is 55.1 Å². The number of amides is 1. The Balaban J connectivity index is 1.46. The van der Waals surface area contributed by atoms with E-state index in [9.17, 15) is 35.9 Å². The van der Waals surface area contributed by atoms with Crippen molar-refractivity contribution in [3.8, 4) is 0 Å². The van der Waals surface area contributed by atoms with Gasteiger partial charge in [0.25, 0.3) is 5.91 Å². The van der Waals surface area contributed by atoms with E-state index in [2.05, 4.69) is 4.98 Å². The highest BCUT2D eigenvalue weighted by Crippen LogP contribution is 2.37. The van der Waals surface area contributed by atoms with Crippen molar-refractivity contribution in [2.24, 2.45) is 0 Å². The molecule has 0 spiro atoms. The lowest BCUT2D eigenvalue weighted by atomic mass is 9.98. The number of ketones is 1. The topological polar surface area (TPSA) is 56.4 Å². The average Bonchev–Trinajstić information content (AvgIpc) is 3.36. The van der Waals surface area contributed by atoms with Crippen LogP contribution in [-0.2, 0) is 18.8 Å². The number of para-hydroxylation sites is 1. The molecule has 1 fully saturated rings. The summed E-state index contributed by atoms with van der Waals surface area (Å²) in [5.41, 5.74) is 0.460. The van der Waals surface area contributed by atoms with Crippen LogP contribution >= 0.6 is 0 Å². The number of piperazine rings is 1. The van der Waals surface area contributed by atoms with Gasteiger partial charge in [-0.3, -0.25) is 14.5 Å². The third kappa shape index (κ3) is 6.61. The molecule has 2 heterocycles. The summed E-state index contributed by atoms with van der Waals surface area (Å²) in [6.07, 6.45) is -8.10. The molecule has 5 nitrogen and oxygen atoms in total. The summed E-state index contributed by atoms with van der Waals surface area (Å²) >= 11 is 0. The maximum Gasteiger partial charge on any atom is 0.416 e. The van der Waals surface area contributed by atoms with Crippen LogP contribution in [0.4, 0.5) is 26.3 Å². The zero-order chi connectivity index (χ0) is 31.1. The van der Waals surface area contributed by atoms with Gasteiger partial charge in [-0.05, 0) is 67.3 Å². The third-order valence-electron chi connectivity index (χ3n) is 7.99. The number of nitrogens with zero attached hydrogens (tertiary/aromatic N) is 2. The van der Waals surface area contributed by atoms with Crippen LogP contribution in [0.5, 0.6) is 0 Å². The number of hydrogen-bond acceptors (Lipinski definition) is 3. The maximum absolute atomic E-state index is 13.7. The van der Waals surface area contributed by atoms with Crippen molar-refractivity contribution in [2.75, 3.05) is 26.2 Å². The molecule has 1 saturated heterocycles. The number of halogens is 6. The Morgan fingerprint density at radius 2 is 1.51 bits per heavy atom. The van der Waals surface area contributed by atoms with Gasteiger partial charge in [0.1, 0.15) is 0 Å². The lowest BCUT2D eigenvalue weighted by Crippen LogP contribution is -2.56. The Kier molecular flexibility index (Phi) is 8.13. The average molecular weight is 602 g/mol. The number of nitrogens with one attached hydrogen (secondary N) is 1. The van der Waals surface area contributed by atoms with Crippen LogP contribution in [0, 0.1) is 13.8 Å². The molecule has 1 N–H and O–H groups in total. The number of aromatic nitrogens is 1. The molecule has 0 radical (unpaired) electrons. The Labute approximate surface area is 244 Å². The molecular formula is C32H29F6N3O2. The first-order chi connectivity index (χ1) is 20.2. The summed E-state index contributed by atoms with van der Waals surface area (Å²) < 4.78 is 81.3. The number of aryl methyl sites for hydroxylation is 2. The zero-order valence-electron chi connectivity index (χ0n) is 23.4. The molecule has 11 heteroatoms. The van der Waals surface area contributed by atoms with E-state index in [0.717, 1.165) is 27.6 Å². The molecule has 1 aliphatic rings. The minimum atomic E-state index is -5.08. The van der Waals surface area contributed by atoms with Gasteiger partial charge < -0.3 is 9.88 Å². The minimum absolute atomic E-state index is 0.0105. The van der Waals surface area contributed by atoms with Crippen LogP contribution in [0.3, 0.4) is 0 Å². The smallest absolute Gasteiger partial charge is 0.361 e. The predicted octanol–water partition coefficient (Wildman–Crippen LogP) is 7.07. The van der Waals surface area contributed by atoms with E-state index in [4.69, 9.17) is 0 Å². The summed E-state index contributed by atoms with van der Waals surface area (Å²) in [5, 5.41) is 0.886. The van der Waals surface area contributed by atoms with Gasteiger partial charge in [-0.2, -0.15) is 26.3 Å². The van der Waals surface area contributed by atoms with E-state index >= 15 is 0 Å². The van der Waals surface area contributed by atoms with E-state index in [0.29, 0.717) is 17.7 Å². The lowest BCUT2D eigenvalue weighted by Gasteiger charge is -2.41. The second-order valence-corrected chi connectivity index (χ2v) is 11.0. The lowest BCUT2D eigenvalue weighted by molar-refractivity contribution is -0.143. The summed E-state index contributed by atoms with van der Waals surface area (Å²) in [4.78, 5) is 33.2. The summed E-state index contributed by atoms with van der Waals surface area (Å²) in [6.45, 7) is 4.34. The highest BCUT2D eigenvalue weighted by molar-refractivity contribution is 5.98. The van der Waals surface area contributed by atoms with Gasteiger partial charge in [-0.1, -0.05) is 30.3 Å². The molecule has 4 aromatic rings. The SMILES string of the molecule is Cc1ccc(C(=O)CN2CCN(C(=O)c3cc(C(F)(F)F)cc(C(F)(F)F)c3)[C@H](Cc3c[nH]c4ccccc34)C2)cc1C. The maximum atomic E-state index is 13.7. The second-order valence-electron chi connectivity index (χ2n) is 11.0. The molecule has 0 aliphatic carbocycles. The van der Waals surface area contributed by atoms with Crippen molar-refractivity contribution < 1.29 is 35.9 Å². The summed E-state index contributed by atoms with van der Waals surface area (Å²) in [5.74, 6) is -1.05. The number of rotatable bonds is 6. The molecule has 0 bridgehead atoms. The number of alkyl halides is 6. The number of carbonyl (C=O) groups excluding carboxylic acids is 2. The fourth-order valence-corrected chi connectivity index (χ4v) is 5.51. The molecular weight excluding hydrogens is 572 g/mol. The Morgan fingerprint density at radius 1 is 0.837 bits per heavy atom. The summed E-state index contributed by atoms with van der Waals surface area (Å²) in [6, 6.07) is 13.2. The molecule has 226 valence electrons. The third-order valence-corrected chi connectivity index (χ3v) is 7.99. The molecule has 0 saturated carbocycles. The first-order valence-electron chi connectivity index (χ1n) is 13.7. The summed E-state index contributed by atoms with van der Waals surface area (Å²) in [7, 11) is 0. The van der Waals surface area contributed by atoms with Gasteiger partial charge >= 0.3 is 12.4 Å². The molecule has 3 aromatic carbocycles. The van der Waals surface area contributed by atoms with Gasteiger partial charge in [0.2, 0.25) is 0 Å². The van der Waals surface area contributed by atoms with E-state index in [1.165, 1.54) is 4.90 Å². The van der Waals surface area contributed by atoms with Crippen molar-refractivity contribution >= 4 is 22.6 Å². The van der Waals surface area contributed by atoms with Crippen LogP contribution in [0.25, 0.3) is 10.9 Å². The zero-order valence-corrected chi connectivity index (χ0v) is 23.4. The fraction of sp³-hybridized carbons (Fsp3) is 0.312. The largest absolute Gasteiger partial charge is 0.416 e. The molecule has 43 heavy (non-hydrogen) atoms. The van der Waals surface area contributed by atoms with Crippen molar-refractivity contribution in [2.45, 2.75) is 38.7 Å². The van der Waals surface area contributed by atoms with Crippen LogP contribution in [0.15, 0.2) is 66.9 Å². The highest BCUT2D eigenvalue weighted by atomic mass is 19.4. The van der Waals surface area contributed by atoms with E-state index in [1.54, 1.807) is 12.3 Å². The van der Waals surface area contributed by atoms with Crippen LogP contribution in [0.1, 0.15) is 48.5 Å². The number of carbonyl (C=O) groups is 2. The number of benzene rings is 3. The number of aromatic amines is 1. The molecule has 1 amide bonds. The molecule has 0 unspecified atom stereocenters. The number of fused-ring (bicyclic) bond motifs is 1. The Bertz CT molecular complexity index is 1640. The first kappa shape index (κ1) is 30.3. The van der Waals surface area contributed by atoms with Crippen molar-refractivity contribution in [3.05, 3.63) is 106 Å². The van der Waals surface area contributed by atoms with Crippen molar-refractivity contribution in [1.29, 1.82) is 0 Å². The number of Topliss-reactive ketones (excluding diaryl/α,β-unsaturated/α-hetero) is 1. The normalized spacial score (nSPS) is 16.6. The molecule has 1 aromatic heterocycles. The predicted molar refractivity (Wildman–Crippen MR) is 150 cm³/mol. The van der Waals surface area contributed by atoms with E-state index in [-0.39, 0.29) is 44.4 Å². The quantitative estimate of drug-likeness (QED) is 0.190. The van der Waals surface area contributed by atoms with Gasteiger partial charge in [-0.25, -0.2) is 0 Å². The number of H-pyrrole nitrogens is 1.